The summed E-state index contributed by atoms with van der Waals surface area (Å²) in [7, 11) is 0. The minimum Gasteiger partial charge on any atom is -0.376 e. The van der Waals surface area contributed by atoms with Gasteiger partial charge in [-0.3, -0.25) is 9.36 Å². The Labute approximate surface area is 175 Å². The van der Waals surface area contributed by atoms with Crippen LogP contribution in [0.3, 0.4) is 0 Å². The average Bonchev–Trinajstić information content (AvgIpc) is 3.47. The molecule has 1 aliphatic heterocycles. The molecule has 0 saturated carbocycles. The van der Waals surface area contributed by atoms with Gasteiger partial charge in [0.25, 0.3) is 0 Å². The van der Waals surface area contributed by atoms with Crippen LogP contribution in [0.5, 0.6) is 0 Å². The molecule has 29 heavy (non-hydrogen) atoms. The van der Waals surface area contributed by atoms with Crippen LogP contribution in [-0.4, -0.2) is 38.5 Å². The number of carbonyl (C=O) groups excluding carboxylic acids is 1. The number of Topliss-reactive ketones (excluding diaryl/α,β-unsaturated/α-hetero) is 1. The van der Waals surface area contributed by atoms with Crippen molar-refractivity contribution in [3.8, 4) is 10.7 Å². The highest BCUT2D eigenvalue weighted by molar-refractivity contribution is 8.00. The van der Waals surface area contributed by atoms with Gasteiger partial charge in [-0.25, -0.2) is 8.78 Å². The number of nitrogens with zero attached hydrogens (tertiary/aromatic N) is 3. The molecule has 0 N–H and O–H groups in total. The van der Waals surface area contributed by atoms with Gasteiger partial charge in [0.1, 0.15) is 0 Å². The van der Waals surface area contributed by atoms with Gasteiger partial charge >= 0.3 is 0 Å². The molecule has 3 heterocycles. The largest absolute Gasteiger partial charge is 0.376 e. The number of thiophene rings is 1. The first-order valence-electron chi connectivity index (χ1n) is 9.27. The van der Waals surface area contributed by atoms with Crippen molar-refractivity contribution in [2.75, 3.05) is 6.61 Å². The second-order valence-electron chi connectivity index (χ2n) is 6.78. The number of hydrogen-bond donors (Lipinski definition) is 0. The van der Waals surface area contributed by atoms with Gasteiger partial charge in [-0.2, -0.15) is 0 Å². The number of thioether (sulfide) groups is 1. The summed E-state index contributed by atoms with van der Waals surface area (Å²) in [6, 6.07) is 7.13. The summed E-state index contributed by atoms with van der Waals surface area (Å²) < 4.78 is 34.4. The van der Waals surface area contributed by atoms with Gasteiger partial charge in [-0.1, -0.05) is 17.8 Å². The Morgan fingerprint density at radius 1 is 1.34 bits per heavy atom. The van der Waals surface area contributed by atoms with Gasteiger partial charge in [-0.15, -0.1) is 21.5 Å². The molecule has 3 aromatic rings. The second kappa shape index (κ2) is 8.73. The number of rotatable bonds is 7. The third-order valence-electron chi connectivity index (χ3n) is 4.72. The quantitative estimate of drug-likeness (QED) is 0.393. The minimum atomic E-state index is -1.03. The highest BCUT2D eigenvalue weighted by atomic mass is 32.2. The van der Waals surface area contributed by atoms with E-state index in [9.17, 15) is 13.6 Å². The van der Waals surface area contributed by atoms with Crippen LogP contribution in [0.1, 0.15) is 30.1 Å². The van der Waals surface area contributed by atoms with Crippen LogP contribution < -0.4 is 0 Å². The zero-order valence-corrected chi connectivity index (χ0v) is 17.3. The summed E-state index contributed by atoms with van der Waals surface area (Å²) in [5.41, 5.74) is 0.132. The predicted molar refractivity (Wildman–Crippen MR) is 108 cm³/mol. The normalized spacial score (nSPS) is 17.6. The number of ketones is 1. The maximum Gasteiger partial charge on any atom is 0.192 e. The van der Waals surface area contributed by atoms with Crippen molar-refractivity contribution in [3.05, 3.63) is 52.9 Å². The van der Waals surface area contributed by atoms with Crippen LogP contribution in [0.2, 0.25) is 0 Å². The van der Waals surface area contributed by atoms with E-state index in [1.54, 1.807) is 18.3 Å². The molecular formula is C20H19F2N3O2S2. The summed E-state index contributed by atoms with van der Waals surface area (Å²) >= 11 is 2.83. The Kier molecular flexibility index (Phi) is 6.07. The molecule has 1 aliphatic rings. The highest BCUT2D eigenvalue weighted by Crippen LogP contribution is 2.31. The summed E-state index contributed by atoms with van der Waals surface area (Å²) in [4.78, 5) is 13.7. The van der Waals surface area contributed by atoms with E-state index >= 15 is 0 Å². The summed E-state index contributed by atoms with van der Waals surface area (Å²) in [5, 5.41) is 10.7. The molecule has 1 aromatic carbocycles. The van der Waals surface area contributed by atoms with Crippen molar-refractivity contribution in [2.24, 2.45) is 0 Å². The predicted octanol–water partition coefficient (Wildman–Crippen LogP) is 4.83. The van der Waals surface area contributed by atoms with Crippen molar-refractivity contribution in [1.29, 1.82) is 0 Å². The van der Waals surface area contributed by atoms with Crippen molar-refractivity contribution in [2.45, 2.75) is 42.8 Å². The highest BCUT2D eigenvalue weighted by Gasteiger charge is 2.25. The molecule has 9 heteroatoms. The first-order chi connectivity index (χ1) is 14.0. The lowest BCUT2D eigenvalue weighted by Gasteiger charge is -2.16. The second-order valence-corrected chi connectivity index (χ2v) is 9.04. The number of carbonyl (C=O) groups is 1. The fraction of sp³-hybridized carbons (Fsp3) is 0.350. The number of ether oxygens (including phenoxy) is 1. The monoisotopic (exact) mass is 435 g/mol. The zero-order valence-electron chi connectivity index (χ0n) is 15.7. The lowest BCUT2D eigenvalue weighted by atomic mass is 10.1. The molecule has 0 amide bonds. The maximum absolute atomic E-state index is 13.5. The van der Waals surface area contributed by atoms with E-state index in [4.69, 9.17) is 4.74 Å². The van der Waals surface area contributed by atoms with Gasteiger partial charge < -0.3 is 4.74 Å². The van der Waals surface area contributed by atoms with E-state index < -0.39 is 16.9 Å². The molecule has 0 spiro atoms. The number of hydrogen-bond acceptors (Lipinski definition) is 6. The van der Waals surface area contributed by atoms with Crippen LogP contribution in [0.4, 0.5) is 8.78 Å². The Morgan fingerprint density at radius 2 is 2.21 bits per heavy atom. The van der Waals surface area contributed by atoms with Crippen LogP contribution in [0.15, 0.2) is 40.9 Å². The smallest absolute Gasteiger partial charge is 0.192 e. The fourth-order valence-corrected chi connectivity index (χ4v) is 4.87. The Morgan fingerprint density at radius 3 is 2.90 bits per heavy atom. The van der Waals surface area contributed by atoms with E-state index in [2.05, 4.69) is 10.2 Å². The molecule has 0 bridgehead atoms. The van der Waals surface area contributed by atoms with E-state index in [1.165, 1.54) is 17.8 Å². The molecule has 1 fully saturated rings. The Balaban J connectivity index is 1.58. The molecule has 2 atom stereocenters. The molecular weight excluding hydrogens is 416 g/mol. The summed E-state index contributed by atoms with van der Waals surface area (Å²) in [6.45, 7) is 3.08. The summed E-state index contributed by atoms with van der Waals surface area (Å²) in [5.74, 6) is -1.56. The minimum absolute atomic E-state index is 0.0845. The van der Waals surface area contributed by atoms with Gasteiger partial charge in [0.15, 0.2) is 28.4 Å². The molecule has 0 radical (unpaired) electrons. The average molecular weight is 436 g/mol. The van der Waals surface area contributed by atoms with Crippen molar-refractivity contribution in [3.63, 3.8) is 0 Å². The molecule has 2 aromatic heterocycles. The third kappa shape index (κ3) is 4.41. The topological polar surface area (TPSA) is 57.0 Å². The molecule has 2 unspecified atom stereocenters. The molecule has 152 valence electrons. The van der Waals surface area contributed by atoms with Gasteiger partial charge in [0.2, 0.25) is 0 Å². The van der Waals surface area contributed by atoms with E-state index in [0.29, 0.717) is 11.7 Å². The fourth-order valence-electron chi connectivity index (χ4n) is 3.22. The number of benzene rings is 1. The lowest BCUT2D eigenvalue weighted by Crippen LogP contribution is -2.19. The van der Waals surface area contributed by atoms with Crippen molar-refractivity contribution < 1.29 is 18.3 Å². The first kappa shape index (κ1) is 20.2. The molecule has 5 nitrogen and oxygen atoms in total. The Hall–Kier alpha value is -2.10. The van der Waals surface area contributed by atoms with E-state index in [-0.39, 0.29) is 17.5 Å². The lowest BCUT2D eigenvalue weighted by molar-refractivity contribution is 0.0953. The van der Waals surface area contributed by atoms with Crippen LogP contribution >= 0.6 is 23.1 Å². The zero-order chi connectivity index (χ0) is 20.4. The third-order valence-corrected chi connectivity index (χ3v) is 6.67. The van der Waals surface area contributed by atoms with Crippen molar-refractivity contribution in [1.82, 2.24) is 14.8 Å². The standard InChI is InChI=1S/C20H19F2N3O2S2/c1-12(18(26)13-6-7-15(21)16(22)10-13)29-20-24-23-19(17-5-3-9-28-17)25(20)11-14-4-2-8-27-14/h3,5-7,9-10,12,14H,2,4,8,11H2,1H3. The van der Waals surface area contributed by atoms with Crippen LogP contribution in [0, 0.1) is 11.6 Å². The van der Waals surface area contributed by atoms with Gasteiger partial charge in [0, 0.05) is 12.2 Å². The van der Waals surface area contributed by atoms with E-state index in [1.807, 2.05) is 22.1 Å². The SMILES string of the molecule is CC(Sc1nnc(-c2cccs2)n1CC1CCCO1)C(=O)c1ccc(F)c(F)c1. The van der Waals surface area contributed by atoms with Gasteiger partial charge in [-0.05, 0) is 49.4 Å². The number of halogens is 2. The van der Waals surface area contributed by atoms with Crippen LogP contribution in [-0.2, 0) is 11.3 Å². The first-order valence-corrected chi connectivity index (χ1v) is 11.0. The maximum atomic E-state index is 13.5. The molecule has 4 rings (SSSR count). The van der Waals surface area contributed by atoms with Crippen LogP contribution in [0.25, 0.3) is 10.7 Å². The molecule has 1 saturated heterocycles. The van der Waals surface area contributed by atoms with Crippen molar-refractivity contribution >= 4 is 28.9 Å². The van der Waals surface area contributed by atoms with Gasteiger partial charge in [0.05, 0.1) is 22.8 Å². The van der Waals surface area contributed by atoms with E-state index in [0.717, 1.165) is 42.3 Å². The summed E-state index contributed by atoms with van der Waals surface area (Å²) in [6.07, 6.45) is 2.07. The Bertz CT molecular complexity index is 1000. The number of aromatic nitrogens is 3. The molecule has 0 aliphatic carbocycles.